The maximum atomic E-state index is 13.3. The number of halogens is 6. The van der Waals surface area contributed by atoms with Crippen LogP contribution in [0.25, 0.3) is 11.2 Å². The summed E-state index contributed by atoms with van der Waals surface area (Å²) >= 11 is 0. The van der Waals surface area contributed by atoms with Crippen molar-refractivity contribution in [3.8, 4) is 0 Å². The maximum absolute atomic E-state index is 13.3. The van der Waals surface area contributed by atoms with E-state index in [0.29, 0.717) is 12.1 Å². The predicted octanol–water partition coefficient (Wildman–Crippen LogP) is 2.95. The highest BCUT2D eigenvalue weighted by Crippen LogP contribution is 2.37. The lowest BCUT2D eigenvalue weighted by molar-refractivity contribution is -0.143. The lowest BCUT2D eigenvalue weighted by Gasteiger charge is -2.14. The summed E-state index contributed by atoms with van der Waals surface area (Å²) in [6.45, 7) is -0.384. The Morgan fingerprint density at radius 2 is 1.91 bits per heavy atom. The summed E-state index contributed by atoms with van der Waals surface area (Å²) < 4.78 is 85.3. The van der Waals surface area contributed by atoms with Gasteiger partial charge < -0.3 is 14.9 Å². The smallest absolute Gasteiger partial charge is 0.394 e. The third kappa shape index (κ3) is 4.67. The Labute approximate surface area is 186 Å². The number of hydrogen-bond donors (Lipinski definition) is 3. The summed E-state index contributed by atoms with van der Waals surface area (Å²) in [6, 6.07) is 1.21. The van der Waals surface area contributed by atoms with Crippen LogP contribution in [-0.2, 0) is 17.1 Å². The number of ether oxygens (including phenoxy) is 1. The number of imidazole rings is 1. The number of fused-ring (bicyclic) bond motifs is 1. The van der Waals surface area contributed by atoms with Crippen molar-refractivity contribution in [2.24, 2.45) is 5.10 Å². The zero-order valence-corrected chi connectivity index (χ0v) is 16.9. The Morgan fingerprint density at radius 1 is 1.15 bits per heavy atom. The first kappa shape index (κ1) is 23.8. The highest BCUT2D eigenvalue weighted by Gasteiger charge is 2.38. The molecule has 1 aliphatic rings. The van der Waals surface area contributed by atoms with Gasteiger partial charge in [0, 0.05) is 12.0 Å². The molecule has 9 nitrogen and oxygen atoms in total. The minimum atomic E-state index is -5.04. The van der Waals surface area contributed by atoms with E-state index in [0.717, 1.165) is 12.5 Å². The van der Waals surface area contributed by atoms with Gasteiger partial charge in [0.2, 0.25) is 0 Å². The summed E-state index contributed by atoms with van der Waals surface area (Å²) in [5.41, 5.74) is -0.677. The van der Waals surface area contributed by atoms with Gasteiger partial charge in [0.1, 0.15) is 18.7 Å². The molecule has 1 fully saturated rings. The molecule has 1 aliphatic heterocycles. The standard InChI is InChI=1S/C19H16F6N6O3/c20-18(21,22)10-2-1-9(11(3-10)19(23,24)25)5-29-30-16-15-17(27-7-26-16)31(8-28-15)14-4-12(33)13(6-32)34-14/h1-3,5,7-8,12-14,32-33H,4,6H2,(H,26,27,30)/b29-5+/t12?,13-,14-/m1/s1. The van der Waals surface area contributed by atoms with Crippen molar-refractivity contribution in [3.63, 3.8) is 0 Å². The Morgan fingerprint density at radius 3 is 2.56 bits per heavy atom. The molecule has 15 heteroatoms. The Bertz CT molecular complexity index is 1210. The van der Waals surface area contributed by atoms with Crippen molar-refractivity contribution in [1.29, 1.82) is 0 Å². The third-order valence-electron chi connectivity index (χ3n) is 5.11. The van der Waals surface area contributed by atoms with Crippen molar-refractivity contribution in [2.45, 2.75) is 37.2 Å². The van der Waals surface area contributed by atoms with Gasteiger partial charge in [0.15, 0.2) is 17.0 Å². The average molecular weight is 490 g/mol. The molecule has 0 bridgehead atoms. The first-order valence-corrected chi connectivity index (χ1v) is 9.68. The topological polar surface area (TPSA) is 118 Å². The van der Waals surface area contributed by atoms with Crippen LogP contribution in [-0.4, -0.2) is 54.8 Å². The van der Waals surface area contributed by atoms with E-state index in [1.807, 2.05) is 0 Å². The van der Waals surface area contributed by atoms with Gasteiger partial charge in [0.25, 0.3) is 0 Å². The Hall–Kier alpha value is -3.30. The second kappa shape index (κ2) is 8.81. The highest BCUT2D eigenvalue weighted by molar-refractivity contribution is 5.85. The number of aromatic nitrogens is 4. The fourth-order valence-electron chi connectivity index (χ4n) is 3.45. The quantitative estimate of drug-likeness (QED) is 0.286. The summed E-state index contributed by atoms with van der Waals surface area (Å²) in [6.07, 6.45) is -8.97. The number of aliphatic hydroxyl groups excluding tert-OH is 2. The van der Waals surface area contributed by atoms with E-state index in [9.17, 15) is 36.6 Å². The van der Waals surface area contributed by atoms with E-state index < -0.39 is 47.5 Å². The molecule has 0 radical (unpaired) electrons. The first-order chi connectivity index (χ1) is 16.0. The molecule has 182 valence electrons. The average Bonchev–Trinajstić information content (AvgIpc) is 3.36. The molecule has 3 heterocycles. The monoisotopic (exact) mass is 490 g/mol. The number of hydrogen-bond acceptors (Lipinski definition) is 8. The SMILES string of the molecule is OC[C@H]1O[C@@H](n2cnc3c(N/N=C/c4ccc(C(F)(F)F)cc4C(F)(F)F)ncnc32)CC1O. The number of rotatable bonds is 5. The molecule has 3 aromatic rings. The molecule has 0 spiro atoms. The van der Waals surface area contributed by atoms with E-state index >= 15 is 0 Å². The number of nitrogens with zero attached hydrogens (tertiary/aromatic N) is 5. The van der Waals surface area contributed by atoms with Crippen LogP contribution in [0.2, 0.25) is 0 Å². The molecule has 3 N–H and O–H groups in total. The first-order valence-electron chi connectivity index (χ1n) is 9.68. The number of aliphatic hydroxyl groups is 2. The fourth-order valence-corrected chi connectivity index (χ4v) is 3.45. The summed E-state index contributed by atoms with van der Waals surface area (Å²) in [7, 11) is 0. The second-order valence-corrected chi connectivity index (χ2v) is 7.33. The van der Waals surface area contributed by atoms with Crippen LogP contribution in [0.4, 0.5) is 32.2 Å². The lowest BCUT2D eigenvalue weighted by atomic mass is 10.0. The van der Waals surface area contributed by atoms with Crippen LogP contribution in [0.1, 0.15) is 29.3 Å². The predicted molar refractivity (Wildman–Crippen MR) is 105 cm³/mol. The maximum Gasteiger partial charge on any atom is 0.417 e. The summed E-state index contributed by atoms with van der Waals surface area (Å²) in [5.74, 6) is 0.0118. The molecule has 0 saturated carbocycles. The third-order valence-corrected chi connectivity index (χ3v) is 5.11. The molecule has 4 rings (SSSR count). The van der Waals surface area contributed by atoms with Crippen LogP contribution < -0.4 is 5.43 Å². The van der Waals surface area contributed by atoms with Crippen LogP contribution in [0.5, 0.6) is 0 Å². The zero-order valence-electron chi connectivity index (χ0n) is 16.9. The van der Waals surface area contributed by atoms with Crippen molar-refractivity contribution < 1.29 is 41.3 Å². The lowest BCUT2D eigenvalue weighted by Crippen LogP contribution is -2.24. The minimum absolute atomic E-state index is 0.0118. The second-order valence-electron chi connectivity index (χ2n) is 7.33. The van der Waals surface area contributed by atoms with Crippen LogP contribution in [0.15, 0.2) is 36.0 Å². The Kier molecular flexibility index (Phi) is 6.18. The fraction of sp³-hybridized carbons (Fsp3) is 0.368. The van der Waals surface area contributed by atoms with Crippen molar-refractivity contribution in [1.82, 2.24) is 19.5 Å². The molecule has 2 aromatic heterocycles. The summed E-state index contributed by atoms with van der Waals surface area (Å²) in [4.78, 5) is 12.1. The molecule has 1 saturated heterocycles. The van der Waals surface area contributed by atoms with E-state index in [2.05, 4.69) is 25.5 Å². The molecule has 1 aromatic carbocycles. The van der Waals surface area contributed by atoms with Crippen molar-refractivity contribution in [3.05, 3.63) is 47.5 Å². The van der Waals surface area contributed by atoms with Gasteiger partial charge in [-0.05, 0) is 12.1 Å². The largest absolute Gasteiger partial charge is 0.417 e. The number of hydrazone groups is 1. The van der Waals surface area contributed by atoms with Gasteiger partial charge in [-0.25, -0.2) is 15.0 Å². The molecular formula is C19H16F6N6O3. The highest BCUT2D eigenvalue weighted by atomic mass is 19.4. The van der Waals surface area contributed by atoms with Gasteiger partial charge in [-0.3, -0.25) is 9.99 Å². The number of anilines is 1. The van der Waals surface area contributed by atoms with Crippen molar-refractivity contribution in [2.75, 3.05) is 12.0 Å². The molecule has 3 atom stereocenters. The van der Waals surface area contributed by atoms with Gasteiger partial charge >= 0.3 is 12.4 Å². The van der Waals surface area contributed by atoms with Gasteiger partial charge in [-0.15, -0.1) is 0 Å². The van der Waals surface area contributed by atoms with Gasteiger partial charge in [-0.1, -0.05) is 6.07 Å². The molecule has 0 amide bonds. The van der Waals surface area contributed by atoms with E-state index in [1.165, 1.54) is 10.9 Å². The molecule has 0 aliphatic carbocycles. The number of benzene rings is 1. The van der Waals surface area contributed by atoms with Crippen molar-refractivity contribution >= 4 is 23.2 Å². The minimum Gasteiger partial charge on any atom is -0.394 e. The molecule has 1 unspecified atom stereocenters. The van der Waals surface area contributed by atoms with Crippen LogP contribution >= 0.6 is 0 Å². The summed E-state index contributed by atoms with van der Waals surface area (Å²) in [5, 5.41) is 22.8. The van der Waals surface area contributed by atoms with Gasteiger partial charge in [-0.2, -0.15) is 31.4 Å². The molecule has 34 heavy (non-hydrogen) atoms. The Balaban J connectivity index is 1.59. The molecular weight excluding hydrogens is 474 g/mol. The zero-order chi connectivity index (χ0) is 24.7. The number of alkyl halides is 6. The van der Waals surface area contributed by atoms with E-state index in [4.69, 9.17) is 4.74 Å². The number of nitrogens with one attached hydrogen (secondary N) is 1. The van der Waals surface area contributed by atoms with Gasteiger partial charge in [0.05, 0.1) is 36.4 Å². The normalized spacial score (nSPS) is 21.6. The van der Waals surface area contributed by atoms with Crippen LogP contribution in [0, 0.1) is 0 Å². The van der Waals surface area contributed by atoms with E-state index in [1.54, 1.807) is 0 Å². The van der Waals surface area contributed by atoms with E-state index in [-0.39, 0.29) is 36.1 Å². The van der Waals surface area contributed by atoms with Crippen LogP contribution in [0.3, 0.4) is 0 Å².